The van der Waals surface area contributed by atoms with Gasteiger partial charge in [0, 0.05) is 56.1 Å². The van der Waals surface area contributed by atoms with Gasteiger partial charge < -0.3 is 0 Å². The van der Waals surface area contributed by atoms with Crippen LogP contribution in [0.1, 0.15) is 0 Å². The highest BCUT2D eigenvalue weighted by Gasteiger charge is 2.04. The molecule has 0 unspecified atom stereocenters. The molecule has 0 bridgehead atoms. The third-order valence-corrected chi connectivity index (χ3v) is 3.98. The van der Waals surface area contributed by atoms with Crippen LogP contribution in [-0.4, -0.2) is 0 Å². The Balaban J connectivity index is 1.94. The van der Waals surface area contributed by atoms with Crippen molar-refractivity contribution < 1.29 is 9.13 Å². The minimum absolute atomic E-state index is 0.867. The SMILES string of the molecule is Brc1cccc[n+]1C/C=C/C[n+]1ccccc1Br. The Morgan fingerprint density at radius 2 is 1.22 bits per heavy atom. The Hall–Kier alpha value is -1.00. The van der Waals surface area contributed by atoms with E-state index in [1.807, 2.05) is 36.4 Å². The molecule has 0 atom stereocenters. The summed E-state index contributed by atoms with van der Waals surface area (Å²) in [7, 11) is 0. The topological polar surface area (TPSA) is 7.76 Å². The molecule has 0 spiro atoms. The van der Waals surface area contributed by atoms with E-state index in [-0.39, 0.29) is 0 Å². The molecule has 4 heteroatoms. The van der Waals surface area contributed by atoms with Gasteiger partial charge in [0.1, 0.15) is 0 Å². The molecule has 2 rings (SSSR count). The molecule has 18 heavy (non-hydrogen) atoms. The first kappa shape index (κ1) is 13.4. The summed E-state index contributed by atoms with van der Waals surface area (Å²) in [5, 5.41) is 0. The highest BCUT2D eigenvalue weighted by molar-refractivity contribution is 9.10. The lowest BCUT2D eigenvalue weighted by Crippen LogP contribution is -2.35. The lowest BCUT2D eigenvalue weighted by Gasteiger charge is -1.95. The standard InChI is InChI=1S/C14H14Br2N2/c15-13-7-1-3-9-17(13)11-5-6-12-18-10-4-2-8-14(18)16/h1-10H,11-12H2/q+2/b6-5+. The van der Waals surface area contributed by atoms with Gasteiger partial charge in [0.25, 0.3) is 0 Å². The Labute approximate surface area is 124 Å². The van der Waals surface area contributed by atoms with Crippen molar-refractivity contribution in [2.75, 3.05) is 0 Å². The van der Waals surface area contributed by atoms with Crippen LogP contribution >= 0.6 is 31.9 Å². The van der Waals surface area contributed by atoms with Gasteiger partial charge in [0.05, 0.1) is 0 Å². The largest absolute Gasteiger partial charge is 0.248 e. The number of nitrogens with zero attached hydrogens (tertiary/aromatic N) is 2. The predicted molar refractivity (Wildman–Crippen MR) is 77.8 cm³/mol. The summed E-state index contributed by atoms with van der Waals surface area (Å²) in [6.45, 7) is 1.73. The normalized spacial score (nSPS) is 11.0. The molecular formula is C14H14Br2N2+2. The number of hydrogen-bond donors (Lipinski definition) is 0. The van der Waals surface area contributed by atoms with Crippen molar-refractivity contribution in [3.05, 3.63) is 70.2 Å². The first-order valence-electron chi connectivity index (χ1n) is 5.70. The Morgan fingerprint density at radius 3 is 1.61 bits per heavy atom. The summed E-state index contributed by atoms with van der Waals surface area (Å²) >= 11 is 7.04. The molecule has 92 valence electrons. The zero-order valence-corrected chi connectivity index (χ0v) is 13.0. The summed E-state index contributed by atoms with van der Waals surface area (Å²) in [6.07, 6.45) is 8.44. The molecule has 0 fully saturated rings. The number of rotatable bonds is 4. The fourth-order valence-electron chi connectivity index (χ4n) is 1.58. The van der Waals surface area contributed by atoms with E-state index in [0.29, 0.717) is 0 Å². The number of halogens is 2. The van der Waals surface area contributed by atoms with Gasteiger partial charge in [0.15, 0.2) is 25.5 Å². The van der Waals surface area contributed by atoms with E-state index >= 15 is 0 Å². The molecule has 0 radical (unpaired) electrons. The molecular weight excluding hydrogens is 356 g/mol. The maximum absolute atomic E-state index is 3.52. The molecule has 0 aliphatic carbocycles. The van der Waals surface area contributed by atoms with Crippen molar-refractivity contribution in [3.8, 4) is 0 Å². The van der Waals surface area contributed by atoms with E-state index in [1.54, 1.807) is 0 Å². The third-order valence-electron chi connectivity index (χ3n) is 2.54. The average Bonchev–Trinajstić information content (AvgIpc) is 2.38. The quantitative estimate of drug-likeness (QED) is 0.444. The Bertz CT molecular complexity index is 503. The van der Waals surface area contributed by atoms with Crippen molar-refractivity contribution in [3.63, 3.8) is 0 Å². The van der Waals surface area contributed by atoms with Gasteiger partial charge in [-0.25, -0.2) is 0 Å². The van der Waals surface area contributed by atoms with Crippen LogP contribution in [0.3, 0.4) is 0 Å². The highest BCUT2D eigenvalue weighted by Crippen LogP contribution is 2.01. The van der Waals surface area contributed by atoms with E-state index < -0.39 is 0 Å². The van der Waals surface area contributed by atoms with Crippen molar-refractivity contribution in [1.82, 2.24) is 0 Å². The zero-order chi connectivity index (χ0) is 12.8. The molecule has 0 saturated carbocycles. The van der Waals surface area contributed by atoms with Gasteiger partial charge in [0.2, 0.25) is 9.21 Å². The van der Waals surface area contributed by atoms with Crippen LogP contribution in [0.25, 0.3) is 0 Å². The van der Waals surface area contributed by atoms with Crippen LogP contribution in [0, 0.1) is 0 Å². The van der Waals surface area contributed by atoms with Crippen LogP contribution in [0.15, 0.2) is 70.2 Å². The fourth-order valence-corrected chi connectivity index (χ4v) is 2.41. The maximum Gasteiger partial charge on any atom is 0.248 e. The summed E-state index contributed by atoms with van der Waals surface area (Å²) in [5.41, 5.74) is 0. The van der Waals surface area contributed by atoms with Crippen LogP contribution in [0.5, 0.6) is 0 Å². The average molecular weight is 370 g/mol. The number of pyridine rings is 2. The van der Waals surface area contributed by atoms with Gasteiger partial charge >= 0.3 is 0 Å². The Morgan fingerprint density at radius 1 is 0.778 bits per heavy atom. The lowest BCUT2D eigenvalue weighted by molar-refractivity contribution is -0.701. The molecule has 0 aliphatic rings. The monoisotopic (exact) mass is 368 g/mol. The molecule has 2 nitrogen and oxygen atoms in total. The second-order valence-corrected chi connectivity index (χ2v) is 5.45. The summed E-state index contributed by atoms with van der Waals surface area (Å²) in [5.74, 6) is 0. The zero-order valence-electron chi connectivity index (χ0n) is 9.84. The van der Waals surface area contributed by atoms with Crippen LogP contribution in [0.4, 0.5) is 0 Å². The molecule has 0 amide bonds. The molecule has 0 aromatic carbocycles. The highest BCUT2D eigenvalue weighted by atomic mass is 79.9. The molecule has 2 aromatic heterocycles. The van der Waals surface area contributed by atoms with Gasteiger partial charge in [-0.05, 0) is 24.3 Å². The van der Waals surface area contributed by atoms with Gasteiger partial charge in [-0.3, -0.25) is 0 Å². The summed E-state index contributed by atoms with van der Waals surface area (Å²) < 4.78 is 6.45. The van der Waals surface area contributed by atoms with Crippen LogP contribution in [-0.2, 0) is 13.1 Å². The molecule has 2 aromatic rings. The van der Waals surface area contributed by atoms with Crippen molar-refractivity contribution >= 4 is 31.9 Å². The Kier molecular flexibility index (Phi) is 5.08. The number of hydrogen-bond acceptors (Lipinski definition) is 0. The van der Waals surface area contributed by atoms with Crippen molar-refractivity contribution in [2.24, 2.45) is 0 Å². The second kappa shape index (κ2) is 6.81. The van der Waals surface area contributed by atoms with Crippen LogP contribution < -0.4 is 9.13 Å². The molecule has 2 heterocycles. The molecule has 0 aliphatic heterocycles. The predicted octanol–water partition coefficient (Wildman–Crippen LogP) is 3.04. The smallest absolute Gasteiger partial charge is 0.189 e. The third kappa shape index (κ3) is 3.75. The maximum atomic E-state index is 3.52. The van der Waals surface area contributed by atoms with Crippen LogP contribution in [0.2, 0.25) is 0 Å². The van der Waals surface area contributed by atoms with E-state index in [2.05, 4.69) is 65.5 Å². The van der Waals surface area contributed by atoms with E-state index in [4.69, 9.17) is 0 Å². The summed E-state index contributed by atoms with van der Waals surface area (Å²) in [4.78, 5) is 0. The van der Waals surface area contributed by atoms with E-state index in [1.165, 1.54) is 0 Å². The number of allylic oxidation sites excluding steroid dienone is 2. The fraction of sp³-hybridized carbons (Fsp3) is 0.143. The minimum atomic E-state index is 0.867. The van der Waals surface area contributed by atoms with Gasteiger partial charge in [-0.2, -0.15) is 9.13 Å². The second-order valence-electron chi connectivity index (χ2n) is 3.82. The number of aromatic nitrogens is 2. The molecule has 0 N–H and O–H groups in total. The van der Waals surface area contributed by atoms with E-state index in [0.717, 1.165) is 22.3 Å². The first-order chi connectivity index (χ1) is 8.77. The molecule has 0 saturated heterocycles. The summed E-state index contributed by atoms with van der Waals surface area (Å²) in [6, 6.07) is 12.2. The minimum Gasteiger partial charge on any atom is -0.189 e. The van der Waals surface area contributed by atoms with Crippen molar-refractivity contribution in [1.29, 1.82) is 0 Å². The first-order valence-corrected chi connectivity index (χ1v) is 7.29. The van der Waals surface area contributed by atoms with E-state index in [9.17, 15) is 0 Å². The van der Waals surface area contributed by atoms with Gasteiger partial charge in [-0.15, -0.1) is 0 Å². The van der Waals surface area contributed by atoms with Gasteiger partial charge in [-0.1, -0.05) is 0 Å². The van der Waals surface area contributed by atoms with Crippen molar-refractivity contribution in [2.45, 2.75) is 13.1 Å². The lowest BCUT2D eigenvalue weighted by atomic mass is 10.4.